The van der Waals surface area contributed by atoms with Crippen LogP contribution in [0.15, 0.2) is 35.5 Å². The number of carbonyl (C=O) groups excluding carboxylic acids is 3. The lowest BCUT2D eigenvalue weighted by Gasteiger charge is -2.27. The van der Waals surface area contributed by atoms with Crippen molar-refractivity contribution in [1.29, 1.82) is 0 Å². The third kappa shape index (κ3) is 4.91. The molecule has 6 nitrogen and oxygen atoms in total. The van der Waals surface area contributed by atoms with Crippen molar-refractivity contribution in [1.82, 2.24) is 0 Å². The fourth-order valence-corrected chi connectivity index (χ4v) is 3.28. The first-order valence-electron chi connectivity index (χ1n) is 8.89. The van der Waals surface area contributed by atoms with Crippen LogP contribution in [-0.2, 0) is 23.9 Å². The highest BCUT2D eigenvalue weighted by Gasteiger charge is 2.44. The van der Waals surface area contributed by atoms with E-state index in [-0.39, 0.29) is 36.9 Å². The van der Waals surface area contributed by atoms with Crippen molar-refractivity contribution in [3.8, 4) is 0 Å². The van der Waals surface area contributed by atoms with Gasteiger partial charge in [0.25, 0.3) is 0 Å². The molecule has 2 rings (SSSR count). The molecule has 1 aliphatic carbocycles. The maximum Gasteiger partial charge on any atom is 0.334 e. The lowest BCUT2D eigenvalue weighted by atomic mass is 9.85. The molecule has 1 heterocycles. The van der Waals surface area contributed by atoms with E-state index in [1.165, 1.54) is 0 Å². The third-order valence-electron chi connectivity index (χ3n) is 4.58. The fraction of sp³-hybridized carbons (Fsp3) is 0.550. The van der Waals surface area contributed by atoms with Crippen molar-refractivity contribution in [3.63, 3.8) is 0 Å². The average molecular weight is 362 g/mol. The van der Waals surface area contributed by atoms with E-state index in [0.29, 0.717) is 24.0 Å². The number of ether oxygens (including phenoxy) is 2. The molecule has 0 radical (unpaired) electrons. The summed E-state index contributed by atoms with van der Waals surface area (Å²) in [6.45, 7) is 7.45. The molecule has 26 heavy (non-hydrogen) atoms. The molecule has 1 aliphatic heterocycles. The smallest absolute Gasteiger partial charge is 0.334 e. The van der Waals surface area contributed by atoms with Crippen LogP contribution in [0.4, 0.5) is 0 Å². The quantitative estimate of drug-likeness (QED) is 0.349. The molecular weight excluding hydrogens is 336 g/mol. The van der Waals surface area contributed by atoms with Gasteiger partial charge in [-0.25, -0.2) is 4.79 Å². The van der Waals surface area contributed by atoms with Gasteiger partial charge in [-0.15, -0.1) is 0 Å². The summed E-state index contributed by atoms with van der Waals surface area (Å²) in [5, 5.41) is 9.55. The Morgan fingerprint density at radius 3 is 2.85 bits per heavy atom. The minimum absolute atomic E-state index is 0.129. The zero-order valence-corrected chi connectivity index (χ0v) is 15.3. The maximum atomic E-state index is 12.2. The van der Waals surface area contributed by atoms with Crippen molar-refractivity contribution < 1.29 is 29.0 Å². The van der Waals surface area contributed by atoms with Gasteiger partial charge in [-0.2, -0.15) is 0 Å². The molecule has 1 fully saturated rings. The number of esters is 2. The van der Waals surface area contributed by atoms with Crippen LogP contribution in [0.3, 0.4) is 0 Å². The van der Waals surface area contributed by atoms with Crippen molar-refractivity contribution in [3.05, 3.63) is 35.5 Å². The summed E-state index contributed by atoms with van der Waals surface area (Å²) in [7, 11) is 0. The predicted octanol–water partition coefficient (Wildman–Crippen LogP) is 2.27. The molecule has 6 heteroatoms. The summed E-state index contributed by atoms with van der Waals surface area (Å²) in [6, 6.07) is 0. The highest BCUT2D eigenvalue weighted by molar-refractivity contribution is 5.91. The van der Waals surface area contributed by atoms with Crippen molar-refractivity contribution in [2.75, 3.05) is 6.61 Å². The summed E-state index contributed by atoms with van der Waals surface area (Å²) < 4.78 is 11.0. The summed E-state index contributed by atoms with van der Waals surface area (Å²) in [4.78, 5) is 35.7. The Bertz CT molecular complexity index is 643. The third-order valence-corrected chi connectivity index (χ3v) is 4.58. The monoisotopic (exact) mass is 362 g/mol. The first-order valence-corrected chi connectivity index (χ1v) is 8.89. The number of hydrogen-bond acceptors (Lipinski definition) is 6. The highest BCUT2D eigenvalue weighted by Crippen LogP contribution is 2.36. The molecule has 0 amide bonds. The second-order valence-electron chi connectivity index (χ2n) is 7.17. The van der Waals surface area contributed by atoms with E-state index in [1.54, 1.807) is 12.2 Å². The molecule has 0 saturated carbocycles. The standard InChI is InChI=1S/C20H26O6/c1-12(2)7-18(23)25-16-8-14(10-21)5-4-6-15(11-22)9-17-19(16)13(3)20(24)26-17/h5,9-10,12,16-17,19,22H,3-4,6-8,11H2,1-2H3/b14-5-,15-9-/t16-,17-,19-/m1/s1. The Morgan fingerprint density at radius 1 is 1.50 bits per heavy atom. The van der Waals surface area contributed by atoms with Crippen LogP contribution in [-0.4, -0.2) is 42.1 Å². The minimum atomic E-state index is -0.726. The Hall–Kier alpha value is -2.21. The Balaban J connectivity index is 2.38. The number of hydrogen-bond donors (Lipinski definition) is 1. The van der Waals surface area contributed by atoms with Crippen LogP contribution >= 0.6 is 0 Å². The zero-order chi connectivity index (χ0) is 19.3. The van der Waals surface area contributed by atoms with E-state index < -0.39 is 24.1 Å². The second kappa shape index (κ2) is 8.94. The molecule has 142 valence electrons. The largest absolute Gasteiger partial charge is 0.461 e. The molecule has 0 aromatic rings. The van der Waals surface area contributed by atoms with Gasteiger partial charge in [-0.3, -0.25) is 9.59 Å². The van der Waals surface area contributed by atoms with Crippen molar-refractivity contribution >= 4 is 18.2 Å². The van der Waals surface area contributed by atoms with Gasteiger partial charge in [-0.05, 0) is 36.0 Å². The maximum absolute atomic E-state index is 12.2. The van der Waals surface area contributed by atoms with E-state index in [2.05, 4.69) is 6.58 Å². The number of allylic oxidation sites excluding steroid dienone is 1. The van der Waals surface area contributed by atoms with Gasteiger partial charge >= 0.3 is 11.9 Å². The summed E-state index contributed by atoms with van der Waals surface area (Å²) in [6.07, 6.45) is 4.40. The molecule has 0 unspecified atom stereocenters. The van der Waals surface area contributed by atoms with E-state index in [0.717, 1.165) is 6.29 Å². The predicted molar refractivity (Wildman–Crippen MR) is 95.0 cm³/mol. The van der Waals surface area contributed by atoms with Gasteiger partial charge < -0.3 is 14.6 Å². The number of aldehydes is 1. The van der Waals surface area contributed by atoms with E-state index in [4.69, 9.17) is 9.47 Å². The van der Waals surface area contributed by atoms with Crippen LogP contribution in [0, 0.1) is 11.8 Å². The SMILES string of the molecule is C=C1C(=O)O[C@@H]2/C=C(\CO)CC/C=C(\C=O)C[C@@H](OC(=O)CC(C)C)[C@@H]12. The summed E-state index contributed by atoms with van der Waals surface area (Å²) in [5.41, 5.74) is 1.42. The van der Waals surface area contributed by atoms with Crippen molar-refractivity contribution in [2.24, 2.45) is 11.8 Å². The second-order valence-corrected chi connectivity index (χ2v) is 7.17. The molecule has 0 aromatic heterocycles. The number of aliphatic hydroxyl groups is 1. The molecule has 0 spiro atoms. The first kappa shape index (κ1) is 20.1. The topological polar surface area (TPSA) is 89.9 Å². The molecule has 3 atom stereocenters. The minimum Gasteiger partial charge on any atom is -0.461 e. The van der Waals surface area contributed by atoms with Crippen LogP contribution in [0.25, 0.3) is 0 Å². The normalized spacial score (nSPS) is 30.5. The molecule has 1 N–H and O–H groups in total. The molecule has 0 aromatic carbocycles. The average Bonchev–Trinajstić information content (AvgIpc) is 2.85. The number of carbonyl (C=O) groups is 3. The molecule has 0 bridgehead atoms. The molecule has 2 aliphatic rings. The van der Waals surface area contributed by atoms with Gasteiger partial charge in [0, 0.05) is 18.4 Å². The lowest BCUT2D eigenvalue weighted by Crippen LogP contribution is -2.34. The van der Waals surface area contributed by atoms with E-state index in [1.807, 2.05) is 13.8 Å². The summed E-state index contributed by atoms with van der Waals surface area (Å²) >= 11 is 0. The van der Waals surface area contributed by atoms with Gasteiger partial charge in [-0.1, -0.05) is 26.5 Å². The van der Waals surface area contributed by atoms with Crippen molar-refractivity contribution in [2.45, 2.75) is 51.7 Å². The lowest BCUT2D eigenvalue weighted by molar-refractivity contribution is -0.153. The Morgan fingerprint density at radius 2 is 2.23 bits per heavy atom. The van der Waals surface area contributed by atoms with Gasteiger partial charge in [0.15, 0.2) is 0 Å². The van der Waals surface area contributed by atoms with Gasteiger partial charge in [0.1, 0.15) is 18.5 Å². The summed E-state index contributed by atoms with van der Waals surface area (Å²) in [5.74, 6) is -1.38. The number of fused-ring (bicyclic) bond motifs is 1. The molecular formula is C20H26O6. The fourth-order valence-electron chi connectivity index (χ4n) is 3.28. The van der Waals surface area contributed by atoms with E-state index in [9.17, 15) is 19.5 Å². The van der Waals surface area contributed by atoms with Crippen LogP contribution in [0.1, 0.15) is 39.5 Å². The van der Waals surface area contributed by atoms with E-state index >= 15 is 0 Å². The zero-order valence-electron chi connectivity index (χ0n) is 15.3. The first-order chi connectivity index (χ1) is 12.3. The Labute approximate surface area is 153 Å². The van der Waals surface area contributed by atoms with Crippen LogP contribution < -0.4 is 0 Å². The number of aliphatic hydroxyl groups excluding tert-OH is 1. The highest BCUT2D eigenvalue weighted by atomic mass is 16.6. The number of rotatable bonds is 5. The van der Waals surface area contributed by atoms with Gasteiger partial charge in [0.05, 0.1) is 12.5 Å². The Kier molecular flexibility index (Phi) is 6.91. The molecule has 1 saturated heterocycles. The van der Waals surface area contributed by atoms with Crippen LogP contribution in [0.2, 0.25) is 0 Å². The van der Waals surface area contributed by atoms with Crippen LogP contribution in [0.5, 0.6) is 0 Å². The van der Waals surface area contributed by atoms with Gasteiger partial charge in [0.2, 0.25) is 0 Å².